The van der Waals surface area contributed by atoms with Gasteiger partial charge in [-0.3, -0.25) is 9.59 Å². The van der Waals surface area contributed by atoms with Gasteiger partial charge in [0.25, 0.3) is 11.5 Å². The number of hydrogen-bond acceptors (Lipinski definition) is 5. The quantitative estimate of drug-likeness (QED) is 0.656. The van der Waals surface area contributed by atoms with Crippen LogP contribution in [0.5, 0.6) is 0 Å². The van der Waals surface area contributed by atoms with Crippen molar-refractivity contribution in [2.45, 2.75) is 26.7 Å². The molecule has 0 aliphatic carbocycles. The van der Waals surface area contributed by atoms with Gasteiger partial charge in [0, 0.05) is 29.9 Å². The van der Waals surface area contributed by atoms with E-state index in [0.717, 1.165) is 5.69 Å². The molecule has 2 heterocycles. The van der Waals surface area contributed by atoms with Gasteiger partial charge in [-0.05, 0) is 37.3 Å². The molecular formula is C19H21N5O2. The van der Waals surface area contributed by atoms with Crippen LogP contribution >= 0.6 is 0 Å². The van der Waals surface area contributed by atoms with Crippen LogP contribution in [0, 0.1) is 0 Å². The molecule has 1 amide bonds. The van der Waals surface area contributed by atoms with Crippen molar-refractivity contribution >= 4 is 28.3 Å². The highest BCUT2D eigenvalue weighted by Crippen LogP contribution is 2.23. The highest BCUT2D eigenvalue weighted by molar-refractivity contribution is 5.95. The third-order valence-corrected chi connectivity index (χ3v) is 3.90. The Labute approximate surface area is 150 Å². The van der Waals surface area contributed by atoms with Crippen LogP contribution in [0.3, 0.4) is 0 Å². The first-order valence-electron chi connectivity index (χ1n) is 8.54. The normalized spacial score (nSPS) is 10.9. The predicted octanol–water partition coefficient (Wildman–Crippen LogP) is 2.93. The van der Waals surface area contributed by atoms with E-state index in [2.05, 4.69) is 25.6 Å². The van der Waals surface area contributed by atoms with E-state index in [0.29, 0.717) is 34.7 Å². The number of carbonyl (C=O) groups is 1. The van der Waals surface area contributed by atoms with Crippen LogP contribution in [0.2, 0.25) is 0 Å². The third-order valence-electron chi connectivity index (χ3n) is 3.90. The van der Waals surface area contributed by atoms with Gasteiger partial charge in [0.2, 0.25) is 0 Å². The van der Waals surface area contributed by atoms with Gasteiger partial charge in [0.15, 0.2) is 0 Å². The number of amides is 1. The van der Waals surface area contributed by atoms with Gasteiger partial charge in [-0.25, -0.2) is 9.97 Å². The fourth-order valence-corrected chi connectivity index (χ4v) is 2.56. The Bertz CT molecular complexity index is 993. The van der Waals surface area contributed by atoms with Crippen molar-refractivity contribution in [3.05, 3.63) is 58.3 Å². The number of aromatic amines is 1. The van der Waals surface area contributed by atoms with Crippen LogP contribution in [0.15, 0.2) is 41.3 Å². The van der Waals surface area contributed by atoms with Crippen molar-refractivity contribution in [3.63, 3.8) is 0 Å². The van der Waals surface area contributed by atoms with Crippen LogP contribution < -0.4 is 16.2 Å². The minimum atomic E-state index is -0.251. The maximum absolute atomic E-state index is 12.3. The lowest BCUT2D eigenvalue weighted by Crippen LogP contribution is -2.22. The summed E-state index contributed by atoms with van der Waals surface area (Å²) in [7, 11) is 0. The molecule has 26 heavy (non-hydrogen) atoms. The van der Waals surface area contributed by atoms with Gasteiger partial charge in [-0.15, -0.1) is 0 Å². The van der Waals surface area contributed by atoms with E-state index in [9.17, 15) is 9.59 Å². The number of nitrogens with zero attached hydrogens (tertiary/aromatic N) is 2. The van der Waals surface area contributed by atoms with Gasteiger partial charge in [0.1, 0.15) is 17.0 Å². The summed E-state index contributed by atoms with van der Waals surface area (Å²) in [6.45, 7) is 6.45. The maximum atomic E-state index is 12.3. The molecule has 7 nitrogen and oxygen atoms in total. The molecule has 0 fully saturated rings. The van der Waals surface area contributed by atoms with Gasteiger partial charge >= 0.3 is 0 Å². The second-order valence-corrected chi connectivity index (χ2v) is 6.21. The average Bonchev–Trinajstić information content (AvgIpc) is 2.62. The van der Waals surface area contributed by atoms with E-state index in [1.165, 1.54) is 0 Å². The number of anilines is 2. The summed E-state index contributed by atoms with van der Waals surface area (Å²) in [6.07, 6.45) is 1.58. The van der Waals surface area contributed by atoms with Gasteiger partial charge in [-0.2, -0.15) is 0 Å². The molecule has 0 saturated heterocycles. The predicted molar refractivity (Wildman–Crippen MR) is 102 cm³/mol. The average molecular weight is 351 g/mol. The number of benzene rings is 1. The molecule has 0 unspecified atom stereocenters. The molecule has 0 aliphatic rings. The van der Waals surface area contributed by atoms with Crippen molar-refractivity contribution < 1.29 is 4.79 Å². The van der Waals surface area contributed by atoms with Gasteiger partial charge in [-0.1, -0.05) is 13.8 Å². The second kappa shape index (κ2) is 7.35. The van der Waals surface area contributed by atoms with Crippen molar-refractivity contribution in [1.82, 2.24) is 20.3 Å². The van der Waals surface area contributed by atoms with Crippen molar-refractivity contribution in [2.75, 3.05) is 11.9 Å². The smallest absolute Gasteiger partial charge is 0.261 e. The van der Waals surface area contributed by atoms with E-state index in [-0.39, 0.29) is 17.4 Å². The lowest BCUT2D eigenvalue weighted by molar-refractivity contribution is 0.0956. The SMILES string of the molecule is CCNC(=O)c1ccc(Nc2nc(C(C)C)nc3cc[nH]c(=O)c23)cc1. The lowest BCUT2D eigenvalue weighted by atomic mass is 10.1. The lowest BCUT2D eigenvalue weighted by Gasteiger charge is -2.12. The second-order valence-electron chi connectivity index (χ2n) is 6.21. The number of H-pyrrole nitrogens is 1. The Morgan fingerprint density at radius 3 is 2.54 bits per heavy atom. The summed E-state index contributed by atoms with van der Waals surface area (Å²) in [5, 5.41) is 6.34. The molecule has 2 aromatic heterocycles. The number of pyridine rings is 1. The number of hydrogen-bond donors (Lipinski definition) is 3. The zero-order valence-electron chi connectivity index (χ0n) is 15.0. The van der Waals surface area contributed by atoms with Crippen LogP contribution in [0.25, 0.3) is 10.9 Å². The molecule has 0 spiro atoms. The van der Waals surface area contributed by atoms with Crippen molar-refractivity contribution in [3.8, 4) is 0 Å². The third kappa shape index (κ3) is 3.56. The molecule has 0 radical (unpaired) electrons. The first kappa shape index (κ1) is 17.6. The molecular weight excluding hydrogens is 330 g/mol. The Hall–Kier alpha value is -3.22. The summed E-state index contributed by atoms with van der Waals surface area (Å²) in [4.78, 5) is 35.8. The Morgan fingerprint density at radius 1 is 1.15 bits per heavy atom. The fourth-order valence-electron chi connectivity index (χ4n) is 2.56. The number of nitrogens with one attached hydrogen (secondary N) is 3. The van der Waals surface area contributed by atoms with Gasteiger partial charge in [0.05, 0.1) is 5.52 Å². The molecule has 3 N–H and O–H groups in total. The van der Waals surface area contributed by atoms with Gasteiger partial charge < -0.3 is 15.6 Å². The number of fused-ring (bicyclic) bond motifs is 1. The monoisotopic (exact) mass is 351 g/mol. The summed E-state index contributed by atoms with van der Waals surface area (Å²) in [5.74, 6) is 1.11. The highest BCUT2D eigenvalue weighted by Gasteiger charge is 2.13. The van der Waals surface area contributed by atoms with E-state index in [1.54, 1.807) is 36.5 Å². The molecule has 134 valence electrons. The molecule has 7 heteroatoms. The molecule has 3 aromatic rings. The number of aromatic nitrogens is 3. The van der Waals surface area contributed by atoms with Crippen molar-refractivity contribution in [2.24, 2.45) is 0 Å². The zero-order chi connectivity index (χ0) is 18.7. The van der Waals surface area contributed by atoms with Crippen LogP contribution in [-0.4, -0.2) is 27.4 Å². The molecule has 0 saturated carbocycles. The molecule has 3 rings (SSSR count). The highest BCUT2D eigenvalue weighted by atomic mass is 16.1. The minimum absolute atomic E-state index is 0.120. The molecule has 1 aromatic carbocycles. The van der Waals surface area contributed by atoms with Crippen LogP contribution in [0.4, 0.5) is 11.5 Å². The summed E-state index contributed by atoms with van der Waals surface area (Å²) in [6, 6.07) is 8.78. The summed E-state index contributed by atoms with van der Waals surface area (Å²) in [5.41, 5.74) is 1.65. The largest absolute Gasteiger partial charge is 0.352 e. The first-order chi connectivity index (χ1) is 12.5. The first-order valence-corrected chi connectivity index (χ1v) is 8.54. The minimum Gasteiger partial charge on any atom is -0.352 e. The van der Waals surface area contributed by atoms with E-state index in [4.69, 9.17) is 0 Å². The molecule has 0 aliphatic heterocycles. The molecule has 0 bridgehead atoms. The topological polar surface area (TPSA) is 99.8 Å². The summed E-state index contributed by atoms with van der Waals surface area (Å²) >= 11 is 0. The summed E-state index contributed by atoms with van der Waals surface area (Å²) < 4.78 is 0. The number of rotatable bonds is 5. The van der Waals surface area contributed by atoms with Crippen molar-refractivity contribution in [1.29, 1.82) is 0 Å². The van der Waals surface area contributed by atoms with Crippen LogP contribution in [0.1, 0.15) is 42.9 Å². The number of carbonyl (C=O) groups excluding carboxylic acids is 1. The standard InChI is InChI=1S/C19H21N5O2/c1-4-20-18(25)12-5-7-13(8-6-12)22-17-15-14(9-10-21-19(15)26)23-16(24-17)11(2)3/h5-11H,4H2,1-3H3,(H,20,25)(H,21,26)(H,22,23,24). The van der Waals surface area contributed by atoms with Crippen LogP contribution in [-0.2, 0) is 0 Å². The van der Waals surface area contributed by atoms with E-state index < -0.39 is 0 Å². The van der Waals surface area contributed by atoms with E-state index >= 15 is 0 Å². The maximum Gasteiger partial charge on any atom is 0.261 e. The Kier molecular flexibility index (Phi) is 4.97. The Morgan fingerprint density at radius 2 is 1.88 bits per heavy atom. The Balaban J connectivity index is 2.00. The zero-order valence-corrected chi connectivity index (χ0v) is 15.0. The molecule has 0 atom stereocenters. The van der Waals surface area contributed by atoms with E-state index in [1.807, 2.05) is 20.8 Å². The fraction of sp³-hybridized carbons (Fsp3) is 0.263.